The Kier molecular flexibility index (Phi) is 3.45. The number of benzene rings is 1. The molecule has 0 aliphatic heterocycles. The van der Waals surface area contributed by atoms with Gasteiger partial charge in [0.05, 0.1) is 18.4 Å². The zero-order chi connectivity index (χ0) is 12.1. The zero-order valence-electron chi connectivity index (χ0n) is 9.47. The number of anilines is 1. The van der Waals surface area contributed by atoms with E-state index in [1.54, 1.807) is 18.2 Å². The maximum Gasteiger partial charge on any atom is 0.258 e. The Morgan fingerprint density at radius 3 is 2.65 bits per heavy atom. The molecule has 0 radical (unpaired) electrons. The summed E-state index contributed by atoms with van der Waals surface area (Å²) in [5.74, 6) is 0.594. The Morgan fingerprint density at radius 2 is 2.06 bits per heavy atom. The lowest BCUT2D eigenvalue weighted by molar-refractivity contribution is 0.102. The summed E-state index contributed by atoms with van der Waals surface area (Å²) < 4.78 is 10.2. The van der Waals surface area contributed by atoms with Crippen molar-refractivity contribution in [1.82, 2.24) is 0 Å². The van der Waals surface area contributed by atoms with Gasteiger partial charge in [-0.2, -0.15) is 0 Å². The molecule has 2 aromatic rings. The lowest BCUT2D eigenvalue weighted by Gasteiger charge is -2.05. The van der Waals surface area contributed by atoms with Gasteiger partial charge in [-0.15, -0.1) is 0 Å². The van der Waals surface area contributed by atoms with E-state index >= 15 is 0 Å². The highest BCUT2D eigenvalue weighted by Crippen LogP contribution is 2.16. The normalized spacial score (nSPS) is 9.94. The second kappa shape index (κ2) is 5.21. The van der Waals surface area contributed by atoms with Crippen LogP contribution >= 0.6 is 0 Å². The van der Waals surface area contributed by atoms with Crippen molar-refractivity contribution < 1.29 is 13.9 Å². The summed E-state index contributed by atoms with van der Waals surface area (Å²) in [5, 5.41) is 2.76. The summed E-state index contributed by atoms with van der Waals surface area (Å²) in [4.78, 5) is 11.7. The summed E-state index contributed by atoms with van der Waals surface area (Å²) in [6.07, 6.45) is 2.87. The van der Waals surface area contributed by atoms with Gasteiger partial charge in [-0.05, 0) is 37.3 Å². The van der Waals surface area contributed by atoms with Crippen LogP contribution in [0.25, 0.3) is 0 Å². The number of nitrogens with one attached hydrogen (secondary N) is 1. The smallest absolute Gasteiger partial charge is 0.258 e. The Labute approximate surface area is 99.2 Å². The van der Waals surface area contributed by atoms with Gasteiger partial charge in [-0.25, -0.2) is 0 Å². The molecule has 0 fully saturated rings. The number of amides is 1. The standard InChI is InChI=1S/C13H13NO3/c1-2-17-12-5-3-11(4-6-12)14-13(15)10-7-8-16-9-10/h3-9H,2H2,1H3,(H,14,15). The molecular formula is C13H13NO3. The summed E-state index contributed by atoms with van der Waals surface area (Å²) in [6, 6.07) is 8.83. The molecule has 0 unspecified atom stereocenters. The molecule has 1 amide bonds. The molecule has 0 saturated carbocycles. The summed E-state index contributed by atoms with van der Waals surface area (Å²) in [6.45, 7) is 2.55. The number of furan rings is 1. The van der Waals surface area contributed by atoms with E-state index in [9.17, 15) is 4.79 Å². The first kappa shape index (κ1) is 11.3. The van der Waals surface area contributed by atoms with Crippen molar-refractivity contribution in [2.45, 2.75) is 6.92 Å². The van der Waals surface area contributed by atoms with Crippen LogP contribution in [0.3, 0.4) is 0 Å². The first-order valence-electron chi connectivity index (χ1n) is 5.36. The van der Waals surface area contributed by atoms with Crippen molar-refractivity contribution in [3.8, 4) is 5.75 Å². The van der Waals surface area contributed by atoms with E-state index in [0.29, 0.717) is 12.2 Å². The predicted octanol–water partition coefficient (Wildman–Crippen LogP) is 2.93. The van der Waals surface area contributed by atoms with Crippen LogP contribution < -0.4 is 10.1 Å². The molecule has 1 N–H and O–H groups in total. The van der Waals surface area contributed by atoms with E-state index in [1.165, 1.54) is 12.5 Å². The fraction of sp³-hybridized carbons (Fsp3) is 0.154. The van der Waals surface area contributed by atoms with Crippen molar-refractivity contribution in [2.24, 2.45) is 0 Å². The topological polar surface area (TPSA) is 51.5 Å². The SMILES string of the molecule is CCOc1ccc(NC(=O)c2ccoc2)cc1. The van der Waals surface area contributed by atoms with Gasteiger partial charge in [0.1, 0.15) is 12.0 Å². The van der Waals surface area contributed by atoms with Crippen LogP contribution in [0.2, 0.25) is 0 Å². The van der Waals surface area contributed by atoms with E-state index in [4.69, 9.17) is 9.15 Å². The summed E-state index contributed by atoms with van der Waals surface area (Å²) >= 11 is 0. The molecule has 0 aliphatic carbocycles. The maximum absolute atomic E-state index is 11.7. The van der Waals surface area contributed by atoms with E-state index in [-0.39, 0.29) is 5.91 Å². The first-order valence-corrected chi connectivity index (χ1v) is 5.36. The summed E-state index contributed by atoms with van der Waals surface area (Å²) in [5.41, 5.74) is 1.22. The molecular weight excluding hydrogens is 218 g/mol. The largest absolute Gasteiger partial charge is 0.494 e. The van der Waals surface area contributed by atoms with Crippen molar-refractivity contribution in [3.63, 3.8) is 0 Å². The van der Waals surface area contributed by atoms with Crippen LogP contribution in [0.5, 0.6) is 5.75 Å². The van der Waals surface area contributed by atoms with Gasteiger partial charge in [-0.3, -0.25) is 4.79 Å². The Bertz CT molecular complexity index is 474. The van der Waals surface area contributed by atoms with Crippen LogP contribution in [0.1, 0.15) is 17.3 Å². The number of hydrogen-bond acceptors (Lipinski definition) is 3. The van der Waals surface area contributed by atoms with Gasteiger partial charge in [0, 0.05) is 5.69 Å². The maximum atomic E-state index is 11.7. The molecule has 0 atom stereocenters. The molecule has 0 saturated heterocycles. The lowest BCUT2D eigenvalue weighted by Crippen LogP contribution is -2.10. The van der Waals surface area contributed by atoms with Crippen LogP contribution in [0.15, 0.2) is 47.3 Å². The number of hydrogen-bond donors (Lipinski definition) is 1. The van der Waals surface area contributed by atoms with E-state index < -0.39 is 0 Å². The molecule has 1 aromatic heterocycles. The number of rotatable bonds is 4. The molecule has 0 bridgehead atoms. The van der Waals surface area contributed by atoms with Crippen molar-refractivity contribution in [3.05, 3.63) is 48.4 Å². The van der Waals surface area contributed by atoms with Gasteiger partial charge >= 0.3 is 0 Å². The predicted molar refractivity (Wildman–Crippen MR) is 64.3 cm³/mol. The highest BCUT2D eigenvalue weighted by molar-refractivity contribution is 6.03. The summed E-state index contributed by atoms with van der Waals surface area (Å²) in [7, 11) is 0. The van der Waals surface area contributed by atoms with Crippen LogP contribution in [-0.4, -0.2) is 12.5 Å². The van der Waals surface area contributed by atoms with Gasteiger partial charge < -0.3 is 14.5 Å². The minimum absolute atomic E-state index is 0.192. The molecule has 2 rings (SSSR count). The van der Waals surface area contributed by atoms with Crippen LogP contribution in [-0.2, 0) is 0 Å². The average molecular weight is 231 g/mol. The quantitative estimate of drug-likeness (QED) is 0.880. The Balaban J connectivity index is 2.01. The highest BCUT2D eigenvalue weighted by atomic mass is 16.5. The molecule has 4 heteroatoms. The molecule has 1 heterocycles. The molecule has 4 nitrogen and oxygen atoms in total. The first-order chi connectivity index (χ1) is 8.29. The fourth-order valence-corrected chi connectivity index (χ4v) is 1.40. The third kappa shape index (κ3) is 2.87. The number of ether oxygens (including phenoxy) is 1. The van der Waals surface area contributed by atoms with Crippen LogP contribution in [0, 0.1) is 0 Å². The monoisotopic (exact) mass is 231 g/mol. The highest BCUT2D eigenvalue weighted by Gasteiger charge is 2.06. The molecule has 1 aromatic carbocycles. The Morgan fingerprint density at radius 1 is 1.29 bits per heavy atom. The lowest BCUT2D eigenvalue weighted by atomic mass is 10.2. The molecule has 88 valence electrons. The molecule has 0 aliphatic rings. The molecule has 17 heavy (non-hydrogen) atoms. The molecule has 0 spiro atoms. The van der Waals surface area contributed by atoms with E-state index in [2.05, 4.69) is 5.32 Å². The van der Waals surface area contributed by atoms with Gasteiger partial charge in [0.15, 0.2) is 0 Å². The van der Waals surface area contributed by atoms with Gasteiger partial charge in [-0.1, -0.05) is 0 Å². The number of carbonyl (C=O) groups excluding carboxylic acids is 1. The number of carbonyl (C=O) groups is 1. The Hall–Kier alpha value is -2.23. The fourth-order valence-electron chi connectivity index (χ4n) is 1.40. The van der Waals surface area contributed by atoms with E-state index in [0.717, 1.165) is 11.4 Å². The minimum Gasteiger partial charge on any atom is -0.494 e. The van der Waals surface area contributed by atoms with Crippen molar-refractivity contribution >= 4 is 11.6 Å². The minimum atomic E-state index is -0.192. The van der Waals surface area contributed by atoms with Crippen molar-refractivity contribution in [2.75, 3.05) is 11.9 Å². The second-order valence-corrected chi connectivity index (χ2v) is 3.42. The average Bonchev–Trinajstić information content (AvgIpc) is 2.86. The third-order valence-corrected chi connectivity index (χ3v) is 2.21. The van der Waals surface area contributed by atoms with E-state index in [1.807, 2.05) is 19.1 Å². The third-order valence-electron chi connectivity index (χ3n) is 2.21. The van der Waals surface area contributed by atoms with Crippen molar-refractivity contribution in [1.29, 1.82) is 0 Å². The van der Waals surface area contributed by atoms with Gasteiger partial charge in [0.2, 0.25) is 0 Å². The second-order valence-electron chi connectivity index (χ2n) is 3.42. The van der Waals surface area contributed by atoms with Gasteiger partial charge in [0.25, 0.3) is 5.91 Å². The zero-order valence-corrected chi connectivity index (χ0v) is 9.47. The van der Waals surface area contributed by atoms with Crippen LogP contribution in [0.4, 0.5) is 5.69 Å².